The van der Waals surface area contributed by atoms with Gasteiger partial charge in [-0.25, -0.2) is 0 Å². The predicted octanol–water partition coefficient (Wildman–Crippen LogP) is 6.25. The molecule has 0 bridgehead atoms. The smallest absolute Gasteiger partial charge is 0.291 e. The number of nitrogens with one attached hydrogen (secondary N) is 2. The number of carbonyl (C=O) groups excluding carboxylic acids is 1. The molecule has 1 aromatic heterocycles. The van der Waals surface area contributed by atoms with Crippen molar-refractivity contribution in [2.75, 3.05) is 10.7 Å². The van der Waals surface area contributed by atoms with Gasteiger partial charge in [0.25, 0.3) is 5.91 Å². The van der Waals surface area contributed by atoms with Crippen molar-refractivity contribution in [1.82, 2.24) is 0 Å². The van der Waals surface area contributed by atoms with Crippen LogP contribution in [0.2, 0.25) is 0 Å². The monoisotopic (exact) mass is 415 g/mol. The highest BCUT2D eigenvalue weighted by atomic mass is 16.4. The van der Waals surface area contributed by atoms with Crippen LogP contribution in [0, 0.1) is 26.2 Å². The number of nitrogens with zero attached hydrogens (tertiary/aromatic N) is 1. The van der Waals surface area contributed by atoms with Crippen LogP contribution in [-0.2, 0) is 6.42 Å². The lowest BCUT2D eigenvalue weighted by molar-refractivity contribution is 0.0993. The lowest BCUT2D eigenvalue weighted by atomic mass is 9.75. The van der Waals surface area contributed by atoms with E-state index in [1.54, 1.807) is 0 Å². The lowest BCUT2D eigenvalue weighted by Crippen LogP contribution is -2.27. The zero-order valence-corrected chi connectivity index (χ0v) is 18.8. The first-order valence-corrected chi connectivity index (χ1v) is 10.6. The molecule has 0 aliphatic heterocycles. The van der Waals surface area contributed by atoms with Crippen molar-refractivity contribution in [3.05, 3.63) is 82.3 Å². The van der Waals surface area contributed by atoms with Gasteiger partial charge in [-0.05, 0) is 68.0 Å². The summed E-state index contributed by atoms with van der Waals surface area (Å²) in [6.07, 6.45) is 1.57. The van der Waals surface area contributed by atoms with Gasteiger partial charge in [0, 0.05) is 23.2 Å². The van der Waals surface area contributed by atoms with Gasteiger partial charge >= 0.3 is 0 Å². The van der Waals surface area contributed by atoms with Crippen LogP contribution in [0.3, 0.4) is 0 Å². The van der Waals surface area contributed by atoms with Gasteiger partial charge in [-0.15, -0.1) is 0 Å². The van der Waals surface area contributed by atoms with Gasteiger partial charge in [0.2, 0.25) is 0 Å². The molecular weight excluding hydrogens is 386 g/mol. The van der Waals surface area contributed by atoms with E-state index in [1.807, 2.05) is 63.2 Å². The third-order valence-electron chi connectivity index (χ3n) is 5.57. The Labute approximate surface area is 183 Å². The highest BCUT2D eigenvalue weighted by Gasteiger charge is 2.36. The number of furan rings is 1. The molecular formula is C26H29N3O2. The molecule has 5 heteroatoms. The standard InChI is InChI=1S/C26H29N3O2/c1-16-11-17(2)13-20(12-16)27-25(30)24-18(3)23-21(14-26(4,5)15-22(23)31-24)29-28-19-9-7-6-8-10-19/h6-13,28H,14-15H2,1-5H3,(H,27,30)/b29-21-. The zero-order chi connectivity index (χ0) is 22.2. The van der Waals surface area contributed by atoms with Crippen LogP contribution in [0.5, 0.6) is 0 Å². The molecule has 2 N–H and O–H groups in total. The average Bonchev–Trinajstić information content (AvgIpc) is 3.01. The van der Waals surface area contributed by atoms with Crippen LogP contribution in [0.1, 0.15) is 58.8 Å². The van der Waals surface area contributed by atoms with E-state index >= 15 is 0 Å². The van der Waals surface area contributed by atoms with Crippen molar-refractivity contribution in [3.8, 4) is 0 Å². The van der Waals surface area contributed by atoms with E-state index in [-0.39, 0.29) is 11.3 Å². The largest absolute Gasteiger partial charge is 0.455 e. The number of aryl methyl sites for hydroxylation is 2. The molecule has 1 aliphatic rings. The Kier molecular flexibility index (Phi) is 5.44. The van der Waals surface area contributed by atoms with Gasteiger partial charge in [-0.1, -0.05) is 38.1 Å². The number of hydrazone groups is 1. The first kappa shape index (κ1) is 20.9. The number of amides is 1. The molecule has 0 saturated carbocycles. The number of hydrogen-bond donors (Lipinski definition) is 2. The van der Waals surface area contributed by atoms with Crippen LogP contribution >= 0.6 is 0 Å². The average molecular weight is 416 g/mol. The fourth-order valence-electron chi connectivity index (χ4n) is 4.31. The second-order valence-electron chi connectivity index (χ2n) is 9.24. The Bertz CT molecular complexity index is 1140. The number of rotatable bonds is 4. The van der Waals surface area contributed by atoms with Gasteiger partial charge in [0.15, 0.2) is 5.76 Å². The predicted molar refractivity (Wildman–Crippen MR) is 126 cm³/mol. The second kappa shape index (κ2) is 8.06. The molecule has 2 aromatic carbocycles. The molecule has 0 spiro atoms. The Morgan fingerprint density at radius 2 is 1.65 bits per heavy atom. The maximum atomic E-state index is 13.1. The van der Waals surface area contributed by atoms with E-state index in [2.05, 4.69) is 30.7 Å². The fourth-order valence-corrected chi connectivity index (χ4v) is 4.31. The summed E-state index contributed by atoms with van der Waals surface area (Å²) < 4.78 is 6.13. The minimum Gasteiger partial charge on any atom is -0.455 e. The molecule has 4 rings (SSSR count). The number of fused-ring (bicyclic) bond motifs is 1. The fraction of sp³-hybridized carbons (Fsp3) is 0.308. The third-order valence-corrected chi connectivity index (χ3v) is 5.57. The van der Waals surface area contributed by atoms with E-state index in [0.717, 1.165) is 57.9 Å². The normalized spacial score (nSPS) is 16.1. The summed E-state index contributed by atoms with van der Waals surface area (Å²) >= 11 is 0. The van der Waals surface area contributed by atoms with Crippen LogP contribution in [0.25, 0.3) is 0 Å². The molecule has 0 saturated heterocycles. The topological polar surface area (TPSA) is 66.6 Å². The summed E-state index contributed by atoms with van der Waals surface area (Å²) in [4.78, 5) is 13.1. The number of benzene rings is 2. The maximum Gasteiger partial charge on any atom is 0.291 e. The number of hydrogen-bond acceptors (Lipinski definition) is 4. The highest BCUT2D eigenvalue weighted by molar-refractivity contribution is 6.09. The minimum absolute atomic E-state index is 0.00407. The van der Waals surface area contributed by atoms with E-state index in [1.165, 1.54) is 0 Å². The van der Waals surface area contributed by atoms with Gasteiger partial charge in [-0.3, -0.25) is 10.2 Å². The number of para-hydroxylation sites is 1. The van der Waals surface area contributed by atoms with Gasteiger partial charge in [-0.2, -0.15) is 5.10 Å². The molecule has 31 heavy (non-hydrogen) atoms. The molecule has 0 radical (unpaired) electrons. The van der Waals surface area contributed by atoms with Crippen molar-refractivity contribution in [2.45, 2.75) is 47.5 Å². The molecule has 1 aliphatic carbocycles. The summed E-state index contributed by atoms with van der Waals surface area (Å²) in [6.45, 7) is 10.4. The molecule has 0 atom stereocenters. The van der Waals surface area contributed by atoms with Crippen LogP contribution in [0.15, 0.2) is 58.0 Å². The summed E-state index contributed by atoms with van der Waals surface area (Å²) in [5, 5.41) is 7.70. The maximum absolute atomic E-state index is 13.1. The van der Waals surface area contributed by atoms with Gasteiger partial charge < -0.3 is 9.73 Å². The summed E-state index contributed by atoms with van der Waals surface area (Å²) in [6, 6.07) is 15.9. The van der Waals surface area contributed by atoms with E-state index < -0.39 is 0 Å². The molecule has 1 amide bonds. The van der Waals surface area contributed by atoms with Crippen molar-refractivity contribution >= 4 is 23.0 Å². The summed E-state index contributed by atoms with van der Waals surface area (Å²) in [5.41, 5.74) is 9.77. The van der Waals surface area contributed by atoms with Gasteiger partial charge in [0.1, 0.15) is 5.76 Å². The Morgan fingerprint density at radius 1 is 0.968 bits per heavy atom. The lowest BCUT2D eigenvalue weighted by Gasteiger charge is -2.29. The van der Waals surface area contributed by atoms with Crippen LogP contribution < -0.4 is 10.7 Å². The Balaban J connectivity index is 1.67. The van der Waals surface area contributed by atoms with Crippen LogP contribution in [0.4, 0.5) is 11.4 Å². The zero-order valence-electron chi connectivity index (χ0n) is 18.8. The van der Waals surface area contributed by atoms with Crippen molar-refractivity contribution in [3.63, 3.8) is 0 Å². The SMILES string of the molecule is Cc1cc(C)cc(NC(=O)c2oc3c(c2C)/C(=N\Nc2ccccc2)CC(C)(C)C3)c1. The third kappa shape index (κ3) is 4.55. The highest BCUT2D eigenvalue weighted by Crippen LogP contribution is 2.39. The number of carbonyl (C=O) groups is 1. The van der Waals surface area contributed by atoms with E-state index in [9.17, 15) is 4.79 Å². The first-order chi connectivity index (χ1) is 14.7. The van der Waals surface area contributed by atoms with E-state index in [0.29, 0.717) is 5.76 Å². The van der Waals surface area contributed by atoms with Crippen molar-refractivity contribution < 1.29 is 9.21 Å². The Hall–Kier alpha value is -3.34. The molecule has 160 valence electrons. The van der Waals surface area contributed by atoms with E-state index in [4.69, 9.17) is 9.52 Å². The molecule has 0 unspecified atom stereocenters. The first-order valence-electron chi connectivity index (χ1n) is 10.6. The minimum atomic E-state index is -0.231. The second-order valence-corrected chi connectivity index (χ2v) is 9.24. The molecule has 5 nitrogen and oxygen atoms in total. The number of anilines is 2. The molecule has 3 aromatic rings. The Morgan fingerprint density at radius 3 is 2.32 bits per heavy atom. The van der Waals surface area contributed by atoms with Crippen LogP contribution in [-0.4, -0.2) is 11.6 Å². The quantitative estimate of drug-likeness (QED) is 0.495. The summed E-state index contributed by atoms with van der Waals surface area (Å²) in [7, 11) is 0. The van der Waals surface area contributed by atoms with Gasteiger partial charge in [0.05, 0.1) is 11.4 Å². The summed E-state index contributed by atoms with van der Waals surface area (Å²) in [5.74, 6) is 0.951. The molecule has 1 heterocycles. The van der Waals surface area contributed by atoms with Crippen molar-refractivity contribution in [2.24, 2.45) is 10.5 Å². The van der Waals surface area contributed by atoms with Crippen molar-refractivity contribution in [1.29, 1.82) is 0 Å². The molecule has 0 fully saturated rings.